The molecule has 3 rings (SSSR count). The first-order valence-electron chi connectivity index (χ1n) is 6.73. The van der Waals surface area contributed by atoms with Gasteiger partial charge in [-0.1, -0.05) is 12.8 Å². The Hall–Kier alpha value is -1.71. The quantitative estimate of drug-likeness (QED) is 0.831. The van der Waals surface area contributed by atoms with Gasteiger partial charge in [0, 0.05) is 30.4 Å². The van der Waals surface area contributed by atoms with Crippen LogP contribution in [0.2, 0.25) is 0 Å². The van der Waals surface area contributed by atoms with Crippen LogP contribution in [-0.2, 0) is 6.54 Å². The van der Waals surface area contributed by atoms with Crippen LogP contribution in [0.1, 0.15) is 44.3 Å². The summed E-state index contributed by atoms with van der Waals surface area (Å²) < 4.78 is 2.00. The molecule has 0 N–H and O–H groups in total. The van der Waals surface area contributed by atoms with E-state index in [1.54, 1.807) is 12.4 Å². The van der Waals surface area contributed by atoms with E-state index in [2.05, 4.69) is 17.0 Å². The molecule has 1 aliphatic carbocycles. The van der Waals surface area contributed by atoms with Crippen LogP contribution in [0.3, 0.4) is 0 Å². The van der Waals surface area contributed by atoms with Gasteiger partial charge >= 0.3 is 0 Å². The van der Waals surface area contributed by atoms with Gasteiger partial charge in [0.1, 0.15) is 0 Å². The Bertz CT molecular complexity index is 512. The molecule has 0 amide bonds. The zero-order chi connectivity index (χ0) is 12.4. The van der Waals surface area contributed by atoms with E-state index in [4.69, 9.17) is 4.98 Å². The molecule has 94 valence electrons. The highest BCUT2D eigenvalue weighted by Crippen LogP contribution is 2.33. The molecule has 0 bridgehead atoms. The Labute approximate surface area is 107 Å². The molecule has 2 heterocycles. The van der Waals surface area contributed by atoms with Gasteiger partial charge < -0.3 is 0 Å². The van der Waals surface area contributed by atoms with E-state index in [0.29, 0.717) is 5.92 Å². The number of pyridine rings is 1. The smallest absolute Gasteiger partial charge is 0.158 e. The first-order chi connectivity index (χ1) is 8.88. The molecule has 18 heavy (non-hydrogen) atoms. The number of rotatable bonds is 3. The topological polar surface area (TPSA) is 43.6 Å². The fourth-order valence-corrected chi connectivity index (χ4v) is 2.65. The summed E-state index contributed by atoms with van der Waals surface area (Å²) in [6.07, 6.45) is 8.72. The molecule has 0 aliphatic heterocycles. The predicted molar refractivity (Wildman–Crippen MR) is 70.1 cm³/mol. The average Bonchev–Trinajstić information content (AvgIpc) is 3.08. The minimum atomic E-state index is 0.568. The first kappa shape index (κ1) is 11.4. The van der Waals surface area contributed by atoms with Gasteiger partial charge in [-0.3, -0.25) is 4.98 Å². The molecule has 2 aromatic heterocycles. The molecule has 4 nitrogen and oxygen atoms in total. The monoisotopic (exact) mass is 242 g/mol. The number of nitrogens with zero attached hydrogens (tertiary/aromatic N) is 4. The van der Waals surface area contributed by atoms with Crippen molar-refractivity contribution in [2.45, 2.75) is 45.1 Å². The van der Waals surface area contributed by atoms with Crippen molar-refractivity contribution in [2.75, 3.05) is 0 Å². The van der Waals surface area contributed by atoms with Crippen LogP contribution in [0.25, 0.3) is 11.4 Å². The van der Waals surface area contributed by atoms with Crippen LogP contribution in [0.5, 0.6) is 0 Å². The molecule has 1 saturated carbocycles. The van der Waals surface area contributed by atoms with Gasteiger partial charge in [-0.15, -0.1) is 0 Å². The van der Waals surface area contributed by atoms with E-state index in [1.807, 2.05) is 16.8 Å². The van der Waals surface area contributed by atoms with Gasteiger partial charge in [0.2, 0.25) is 0 Å². The normalized spacial score (nSPS) is 16.3. The zero-order valence-electron chi connectivity index (χ0n) is 10.7. The van der Waals surface area contributed by atoms with Crippen LogP contribution in [0.15, 0.2) is 24.5 Å². The van der Waals surface area contributed by atoms with Crippen molar-refractivity contribution >= 4 is 0 Å². The third-order valence-corrected chi connectivity index (χ3v) is 3.65. The van der Waals surface area contributed by atoms with E-state index < -0.39 is 0 Å². The maximum absolute atomic E-state index is 4.76. The second kappa shape index (κ2) is 4.88. The van der Waals surface area contributed by atoms with Crippen LogP contribution in [-0.4, -0.2) is 19.7 Å². The third kappa shape index (κ3) is 2.03. The predicted octanol–water partition coefficient (Wildman–Crippen LogP) is 3.02. The van der Waals surface area contributed by atoms with Crippen molar-refractivity contribution in [3.05, 3.63) is 30.4 Å². The maximum atomic E-state index is 4.76. The first-order valence-corrected chi connectivity index (χ1v) is 6.73. The van der Waals surface area contributed by atoms with Crippen LogP contribution in [0, 0.1) is 0 Å². The van der Waals surface area contributed by atoms with Crippen LogP contribution >= 0.6 is 0 Å². The van der Waals surface area contributed by atoms with Gasteiger partial charge in [-0.25, -0.2) is 9.67 Å². The third-order valence-electron chi connectivity index (χ3n) is 3.65. The van der Waals surface area contributed by atoms with E-state index >= 15 is 0 Å². The van der Waals surface area contributed by atoms with E-state index in [1.165, 1.54) is 25.7 Å². The zero-order valence-corrected chi connectivity index (χ0v) is 10.7. The molecule has 0 saturated heterocycles. The molecule has 4 heteroatoms. The highest BCUT2D eigenvalue weighted by atomic mass is 15.3. The highest BCUT2D eigenvalue weighted by molar-refractivity contribution is 5.54. The van der Waals surface area contributed by atoms with Gasteiger partial charge in [0.05, 0.1) is 0 Å². The van der Waals surface area contributed by atoms with Crippen LogP contribution < -0.4 is 0 Å². The summed E-state index contributed by atoms with van der Waals surface area (Å²) in [5.74, 6) is 2.57. The summed E-state index contributed by atoms with van der Waals surface area (Å²) in [5.41, 5.74) is 1.10. The van der Waals surface area contributed by atoms with E-state index in [0.717, 1.165) is 23.8 Å². The lowest BCUT2D eigenvalue weighted by Crippen LogP contribution is -2.01. The molecule has 0 spiro atoms. The number of hydrogen-bond donors (Lipinski definition) is 0. The second-order valence-corrected chi connectivity index (χ2v) is 4.83. The molecule has 0 aromatic carbocycles. The van der Waals surface area contributed by atoms with E-state index in [-0.39, 0.29) is 0 Å². The summed E-state index contributed by atoms with van der Waals surface area (Å²) >= 11 is 0. The Kier molecular flexibility index (Phi) is 3.09. The lowest BCUT2D eigenvalue weighted by atomic mass is 10.1. The fourth-order valence-electron chi connectivity index (χ4n) is 2.65. The molecule has 1 fully saturated rings. The largest absolute Gasteiger partial charge is 0.265 e. The number of aryl methyl sites for hydroxylation is 1. The van der Waals surface area contributed by atoms with Gasteiger partial charge in [-0.2, -0.15) is 5.10 Å². The lowest BCUT2D eigenvalue weighted by molar-refractivity contribution is 0.614. The number of hydrogen-bond acceptors (Lipinski definition) is 3. The molecule has 0 unspecified atom stereocenters. The van der Waals surface area contributed by atoms with Crippen molar-refractivity contribution in [1.82, 2.24) is 19.7 Å². The number of aromatic nitrogens is 4. The van der Waals surface area contributed by atoms with Gasteiger partial charge in [0.25, 0.3) is 0 Å². The Morgan fingerprint density at radius 1 is 1.22 bits per heavy atom. The van der Waals surface area contributed by atoms with Crippen molar-refractivity contribution in [2.24, 2.45) is 0 Å². The van der Waals surface area contributed by atoms with Gasteiger partial charge in [0.15, 0.2) is 11.6 Å². The minimum Gasteiger partial charge on any atom is -0.265 e. The van der Waals surface area contributed by atoms with Crippen molar-refractivity contribution < 1.29 is 0 Å². The lowest BCUT2D eigenvalue weighted by Gasteiger charge is -2.01. The standard InChI is InChI=1S/C14H18N4/c1-2-18-14(12-7-9-15-10-8-12)16-13(17-18)11-5-3-4-6-11/h7-11H,2-6H2,1H3. The molecule has 0 atom stereocenters. The SMILES string of the molecule is CCn1nc(C2CCCC2)nc1-c1ccncc1. The molecule has 0 radical (unpaired) electrons. The second-order valence-electron chi connectivity index (χ2n) is 4.83. The van der Waals surface area contributed by atoms with Gasteiger partial charge in [-0.05, 0) is 31.9 Å². The minimum absolute atomic E-state index is 0.568. The van der Waals surface area contributed by atoms with Crippen molar-refractivity contribution in [3.63, 3.8) is 0 Å². The highest BCUT2D eigenvalue weighted by Gasteiger charge is 2.22. The fraction of sp³-hybridized carbons (Fsp3) is 0.500. The van der Waals surface area contributed by atoms with Crippen molar-refractivity contribution in [1.29, 1.82) is 0 Å². The summed E-state index contributed by atoms with van der Waals surface area (Å²) in [6.45, 7) is 2.97. The average molecular weight is 242 g/mol. The van der Waals surface area contributed by atoms with E-state index in [9.17, 15) is 0 Å². The van der Waals surface area contributed by atoms with Crippen LogP contribution in [0.4, 0.5) is 0 Å². The van der Waals surface area contributed by atoms with Crippen molar-refractivity contribution in [3.8, 4) is 11.4 Å². The summed E-state index contributed by atoms with van der Waals surface area (Å²) in [7, 11) is 0. The summed E-state index contributed by atoms with van der Waals surface area (Å²) in [6, 6.07) is 3.99. The molecule has 2 aromatic rings. The Morgan fingerprint density at radius 2 is 1.94 bits per heavy atom. The molecular formula is C14H18N4. The molecular weight excluding hydrogens is 224 g/mol. The maximum Gasteiger partial charge on any atom is 0.158 e. The Balaban J connectivity index is 1.98. The molecule has 1 aliphatic rings. The Morgan fingerprint density at radius 3 is 2.61 bits per heavy atom. The summed E-state index contributed by atoms with van der Waals surface area (Å²) in [5, 5.41) is 4.67. The summed E-state index contributed by atoms with van der Waals surface area (Å²) in [4.78, 5) is 8.81.